The average molecular weight is 292 g/mol. The van der Waals surface area contributed by atoms with Gasteiger partial charge in [-0.15, -0.1) is 0 Å². The minimum absolute atomic E-state index is 0.120. The van der Waals surface area contributed by atoms with Crippen LogP contribution in [0, 0.1) is 0 Å². The molecule has 0 spiro atoms. The number of nitrogens with one attached hydrogen (secondary N) is 1. The lowest BCUT2D eigenvalue weighted by Gasteiger charge is -2.10. The molecular formula is C14H14F2N4O. The number of aromatic nitrogens is 2. The van der Waals surface area contributed by atoms with E-state index < -0.39 is 12.3 Å². The lowest BCUT2D eigenvalue weighted by atomic mass is 10.1. The maximum atomic E-state index is 12.4. The fourth-order valence-electron chi connectivity index (χ4n) is 1.60. The Balaban J connectivity index is 2.06. The van der Waals surface area contributed by atoms with Crippen LogP contribution in [0.5, 0.6) is 0 Å². The maximum absolute atomic E-state index is 12.4. The van der Waals surface area contributed by atoms with Gasteiger partial charge in [-0.3, -0.25) is 4.79 Å². The highest BCUT2D eigenvalue weighted by Crippen LogP contribution is 2.19. The molecule has 2 rings (SSSR count). The lowest BCUT2D eigenvalue weighted by Crippen LogP contribution is -2.15. The molecule has 21 heavy (non-hydrogen) atoms. The molecule has 5 nitrogen and oxygen atoms in total. The molecule has 0 aliphatic heterocycles. The Bertz CT molecular complexity index is 612. The van der Waals surface area contributed by atoms with Gasteiger partial charge in [-0.05, 0) is 12.1 Å². The molecule has 1 amide bonds. The van der Waals surface area contributed by atoms with Crippen LogP contribution in [0.4, 0.5) is 20.4 Å². The van der Waals surface area contributed by atoms with Gasteiger partial charge < -0.3 is 10.2 Å². The normalized spacial score (nSPS) is 10.5. The number of benzene rings is 1. The van der Waals surface area contributed by atoms with E-state index in [4.69, 9.17) is 0 Å². The number of alkyl halides is 2. The molecule has 1 heterocycles. The van der Waals surface area contributed by atoms with Gasteiger partial charge in [0.05, 0.1) is 18.1 Å². The molecule has 1 N–H and O–H groups in total. The second kappa shape index (κ2) is 6.25. The summed E-state index contributed by atoms with van der Waals surface area (Å²) in [6.07, 6.45) is 0.413. The predicted molar refractivity (Wildman–Crippen MR) is 75.7 cm³/mol. The molecule has 1 aromatic heterocycles. The number of hydrogen-bond acceptors (Lipinski definition) is 4. The van der Waals surface area contributed by atoms with Crippen molar-refractivity contribution in [1.82, 2.24) is 9.97 Å². The van der Waals surface area contributed by atoms with Crippen molar-refractivity contribution in [1.29, 1.82) is 0 Å². The van der Waals surface area contributed by atoms with Gasteiger partial charge in [0.1, 0.15) is 0 Å². The van der Waals surface area contributed by atoms with Crippen molar-refractivity contribution in [3.8, 4) is 0 Å². The predicted octanol–water partition coefficient (Wildman–Crippen LogP) is 2.73. The van der Waals surface area contributed by atoms with Gasteiger partial charge in [-0.25, -0.2) is 18.7 Å². The van der Waals surface area contributed by atoms with E-state index in [1.54, 1.807) is 19.0 Å². The summed E-state index contributed by atoms with van der Waals surface area (Å²) in [5.74, 6) is 0.117. The molecule has 2 aromatic rings. The Hall–Kier alpha value is -2.57. The van der Waals surface area contributed by atoms with Crippen LogP contribution in [0.1, 0.15) is 22.3 Å². The smallest absolute Gasteiger partial charge is 0.263 e. The topological polar surface area (TPSA) is 58.1 Å². The zero-order chi connectivity index (χ0) is 15.4. The molecule has 0 radical (unpaired) electrons. The average Bonchev–Trinajstić information content (AvgIpc) is 2.47. The van der Waals surface area contributed by atoms with Crippen LogP contribution >= 0.6 is 0 Å². The summed E-state index contributed by atoms with van der Waals surface area (Å²) >= 11 is 0. The van der Waals surface area contributed by atoms with E-state index in [1.807, 2.05) is 0 Å². The molecule has 110 valence electrons. The molecule has 0 atom stereocenters. The Labute approximate surface area is 120 Å². The van der Waals surface area contributed by atoms with Crippen LogP contribution < -0.4 is 10.2 Å². The van der Waals surface area contributed by atoms with Crippen LogP contribution in [0.25, 0.3) is 0 Å². The molecule has 0 saturated carbocycles. The summed E-state index contributed by atoms with van der Waals surface area (Å²) in [6, 6.07) is 5.16. The van der Waals surface area contributed by atoms with Crippen LogP contribution in [0.15, 0.2) is 36.7 Å². The van der Waals surface area contributed by atoms with Crippen molar-refractivity contribution in [3.05, 3.63) is 47.8 Å². The van der Waals surface area contributed by atoms with E-state index in [1.165, 1.54) is 36.7 Å². The zero-order valence-electron chi connectivity index (χ0n) is 11.5. The highest BCUT2D eigenvalue weighted by Gasteiger charge is 2.10. The summed E-state index contributed by atoms with van der Waals surface area (Å²) in [5.41, 5.74) is 0.602. The van der Waals surface area contributed by atoms with Gasteiger partial charge in [0.25, 0.3) is 12.3 Å². The Morgan fingerprint density at radius 1 is 1.14 bits per heavy atom. The summed E-state index contributed by atoms with van der Waals surface area (Å²) in [7, 11) is 3.61. The van der Waals surface area contributed by atoms with Crippen molar-refractivity contribution in [2.45, 2.75) is 6.43 Å². The van der Waals surface area contributed by atoms with Crippen molar-refractivity contribution < 1.29 is 13.6 Å². The van der Waals surface area contributed by atoms with Crippen LogP contribution in [-0.2, 0) is 0 Å². The third-order valence-electron chi connectivity index (χ3n) is 2.72. The van der Waals surface area contributed by atoms with E-state index in [0.29, 0.717) is 11.6 Å². The van der Waals surface area contributed by atoms with E-state index >= 15 is 0 Å². The first-order chi connectivity index (χ1) is 9.97. The highest BCUT2D eigenvalue weighted by molar-refractivity contribution is 6.04. The zero-order valence-corrected chi connectivity index (χ0v) is 11.5. The first-order valence-electron chi connectivity index (χ1n) is 6.16. The molecule has 0 aliphatic carbocycles. The third-order valence-corrected chi connectivity index (χ3v) is 2.72. The standard InChI is InChI=1S/C14H14F2N4O/c1-20(2)14-17-7-11(8-18-14)19-13(21)10-5-3-9(4-6-10)12(15)16/h3-8,12H,1-2H3,(H,19,21). The summed E-state index contributed by atoms with van der Waals surface area (Å²) in [4.78, 5) is 21.8. The van der Waals surface area contributed by atoms with E-state index in [9.17, 15) is 13.6 Å². The SMILES string of the molecule is CN(C)c1ncc(NC(=O)c2ccc(C(F)F)cc2)cn1. The number of anilines is 2. The minimum Gasteiger partial charge on any atom is -0.347 e. The van der Waals surface area contributed by atoms with Crippen LogP contribution in [0.3, 0.4) is 0 Å². The van der Waals surface area contributed by atoms with Crippen LogP contribution in [-0.4, -0.2) is 30.0 Å². The summed E-state index contributed by atoms with van der Waals surface area (Å²) in [5, 5.41) is 2.60. The molecule has 0 unspecified atom stereocenters. The number of hydrogen-bond donors (Lipinski definition) is 1. The number of nitrogens with zero attached hydrogens (tertiary/aromatic N) is 3. The lowest BCUT2D eigenvalue weighted by molar-refractivity contribution is 0.102. The molecule has 0 aliphatic rings. The molecule has 7 heteroatoms. The fraction of sp³-hybridized carbons (Fsp3) is 0.214. The quantitative estimate of drug-likeness (QED) is 0.941. The highest BCUT2D eigenvalue weighted by atomic mass is 19.3. The fourth-order valence-corrected chi connectivity index (χ4v) is 1.60. The van der Waals surface area contributed by atoms with Gasteiger partial charge >= 0.3 is 0 Å². The number of carbonyl (C=O) groups is 1. The van der Waals surface area contributed by atoms with Gasteiger partial charge in [0.15, 0.2) is 0 Å². The van der Waals surface area contributed by atoms with Crippen molar-refractivity contribution in [3.63, 3.8) is 0 Å². The number of rotatable bonds is 4. The van der Waals surface area contributed by atoms with E-state index in [2.05, 4.69) is 15.3 Å². The minimum atomic E-state index is -2.55. The largest absolute Gasteiger partial charge is 0.347 e. The van der Waals surface area contributed by atoms with Gasteiger partial charge in [0, 0.05) is 25.2 Å². The summed E-state index contributed by atoms with van der Waals surface area (Å²) < 4.78 is 24.9. The third kappa shape index (κ3) is 3.71. The summed E-state index contributed by atoms with van der Waals surface area (Å²) in [6.45, 7) is 0. The van der Waals surface area contributed by atoms with Gasteiger partial charge in [0.2, 0.25) is 5.95 Å². The molecule has 1 aromatic carbocycles. The molecule has 0 bridgehead atoms. The number of amides is 1. The second-order valence-electron chi connectivity index (χ2n) is 4.54. The van der Waals surface area contributed by atoms with Crippen LogP contribution in [0.2, 0.25) is 0 Å². The van der Waals surface area contributed by atoms with Crippen molar-refractivity contribution in [2.24, 2.45) is 0 Å². The molecule has 0 fully saturated rings. The molecule has 0 saturated heterocycles. The monoisotopic (exact) mass is 292 g/mol. The number of halogens is 2. The first-order valence-corrected chi connectivity index (χ1v) is 6.16. The number of carbonyl (C=O) groups excluding carboxylic acids is 1. The van der Waals surface area contributed by atoms with Gasteiger partial charge in [-0.1, -0.05) is 12.1 Å². The Morgan fingerprint density at radius 2 is 1.71 bits per heavy atom. The van der Waals surface area contributed by atoms with E-state index in [0.717, 1.165) is 0 Å². The Kier molecular flexibility index (Phi) is 4.42. The Morgan fingerprint density at radius 3 is 2.19 bits per heavy atom. The van der Waals surface area contributed by atoms with Gasteiger partial charge in [-0.2, -0.15) is 0 Å². The van der Waals surface area contributed by atoms with E-state index in [-0.39, 0.29) is 11.1 Å². The molecular weight excluding hydrogens is 278 g/mol. The van der Waals surface area contributed by atoms with Crippen molar-refractivity contribution in [2.75, 3.05) is 24.3 Å². The first kappa shape index (κ1) is 14.8. The van der Waals surface area contributed by atoms with Crippen molar-refractivity contribution >= 4 is 17.5 Å². The maximum Gasteiger partial charge on any atom is 0.263 e. The second-order valence-corrected chi connectivity index (χ2v) is 4.54.